The summed E-state index contributed by atoms with van der Waals surface area (Å²) in [7, 11) is 1.41. The van der Waals surface area contributed by atoms with Gasteiger partial charge < -0.3 is 25.2 Å². The Kier molecular flexibility index (Phi) is 13.7. The molecule has 3 atom stereocenters. The van der Waals surface area contributed by atoms with Crippen molar-refractivity contribution < 1.29 is 28.3 Å². The van der Waals surface area contributed by atoms with Crippen molar-refractivity contribution in [3.8, 4) is 6.07 Å². The molecule has 10 nitrogen and oxygen atoms in total. The molecule has 0 aliphatic carbocycles. The summed E-state index contributed by atoms with van der Waals surface area (Å²) in [4.78, 5) is 54.6. The number of likely N-dealkylation sites (tertiary alicyclic amines) is 1. The first kappa shape index (κ1) is 37.2. The van der Waals surface area contributed by atoms with Gasteiger partial charge in [0.1, 0.15) is 24.5 Å². The van der Waals surface area contributed by atoms with E-state index in [9.17, 15) is 28.8 Å². The van der Waals surface area contributed by atoms with Crippen molar-refractivity contribution in [1.29, 1.82) is 5.26 Å². The number of ether oxygens (including phenoxy) is 1. The number of anilines is 1. The molecule has 2 N–H and O–H groups in total. The Labute approximate surface area is 281 Å². The van der Waals surface area contributed by atoms with Gasteiger partial charge in [-0.15, -0.1) is 0 Å². The first-order valence-corrected chi connectivity index (χ1v) is 15.7. The standard InChI is InChI=1S/C32H32FN5O5.C5H12/c1-37(20-29(39)38-19-24(17-27(38)18-34)30(40)35-26-10-6-3-7-11-26)31(41)28(16-22-12-14-25(33)15-13-22)36-32(42)43-21-23-8-4-2-5-9-23;1-5(2,3)4/h2-15,24,27-28H,16-17,19-21H2,1H3,(H,35,40)(H,36,42);1-4H3. The highest BCUT2D eigenvalue weighted by atomic mass is 19.1. The van der Waals surface area contributed by atoms with Crippen LogP contribution in [-0.2, 0) is 32.1 Å². The number of likely N-dealkylation sites (N-methyl/N-ethyl adjacent to an activating group) is 1. The maximum absolute atomic E-state index is 13.5. The van der Waals surface area contributed by atoms with Gasteiger partial charge in [-0.25, -0.2) is 9.18 Å². The fourth-order valence-corrected chi connectivity index (χ4v) is 4.79. The minimum atomic E-state index is -1.12. The van der Waals surface area contributed by atoms with Crippen LogP contribution in [0.3, 0.4) is 0 Å². The van der Waals surface area contributed by atoms with Gasteiger partial charge in [0.25, 0.3) is 0 Å². The Morgan fingerprint density at radius 3 is 2.12 bits per heavy atom. The van der Waals surface area contributed by atoms with E-state index in [1.54, 1.807) is 48.5 Å². The lowest BCUT2D eigenvalue weighted by atomic mass is 10.0. The van der Waals surface area contributed by atoms with Crippen LogP contribution >= 0.6 is 0 Å². The van der Waals surface area contributed by atoms with Gasteiger partial charge in [-0.2, -0.15) is 5.26 Å². The van der Waals surface area contributed by atoms with Gasteiger partial charge in [-0.3, -0.25) is 14.4 Å². The van der Waals surface area contributed by atoms with Crippen molar-refractivity contribution in [2.75, 3.05) is 25.5 Å². The van der Waals surface area contributed by atoms with Crippen LogP contribution in [0.4, 0.5) is 14.9 Å². The fourth-order valence-electron chi connectivity index (χ4n) is 4.79. The number of nitrogens with one attached hydrogen (secondary N) is 2. The molecule has 1 aliphatic heterocycles. The van der Waals surface area contributed by atoms with Crippen molar-refractivity contribution in [2.24, 2.45) is 11.3 Å². The zero-order valence-corrected chi connectivity index (χ0v) is 28.1. The summed E-state index contributed by atoms with van der Waals surface area (Å²) in [6.45, 7) is 8.38. The van der Waals surface area contributed by atoms with Crippen LogP contribution in [-0.4, -0.2) is 65.8 Å². The van der Waals surface area contributed by atoms with Crippen molar-refractivity contribution in [3.05, 3.63) is 102 Å². The maximum atomic E-state index is 13.5. The van der Waals surface area contributed by atoms with Crippen LogP contribution < -0.4 is 10.6 Å². The van der Waals surface area contributed by atoms with Crippen LogP contribution in [0.15, 0.2) is 84.9 Å². The average molecular weight is 658 g/mol. The van der Waals surface area contributed by atoms with Crippen LogP contribution in [0.5, 0.6) is 0 Å². The minimum absolute atomic E-state index is 0.0119. The molecule has 4 amide bonds. The summed E-state index contributed by atoms with van der Waals surface area (Å²) in [5.74, 6) is -2.44. The largest absolute Gasteiger partial charge is 0.445 e. The lowest BCUT2D eigenvalue weighted by molar-refractivity contribution is -0.140. The van der Waals surface area contributed by atoms with E-state index in [4.69, 9.17) is 4.74 Å². The number of hydrogen-bond donors (Lipinski definition) is 2. The van der Waals surface area contributed by atoms with E-state index in [0.717, 1.165) is 10.5 Å². The molecule has 48 heavy (non-hydrogen) atoms. The predicted molar refractivity (Wildman–Crippen MR) is 181 cm³/mol. The SMILES string of the molecule is CC(C)(C)C.CN(CC(=O)N1CC(C(=O)Nc2ccccc2)CC1C#N)C(=O)C(Cc1ccc(F)cc1)NC(=O)OCc1ccccc1. The molecule has 1 fully saturated rings. The van der Waals surface area contributed by atoms with E-state index in [0.29, 0.717) is 16.7 Å². The summed E-state index contributed by atoms with van der Waals surface area (Å²) in [5, 5.41) is 15.0. The van der Waals surface area contributed by atoms with Gasteiger partial charge in [-0.05, 0) is 47.2 Å². The van der Waals surface area contributed by atoms with E-state index in [1.165, 1.54) is 36.2 Å². The number of halogens is 1. The number of nitrogens with zero attached hydrogens (tertiary/aromatic N) is 3. The number of carbonyl (C=O) groups excluding carboxylic acids is 4. The molecule has 1 aliphatic rings. The minimum Gasteiger partial charge on any atom is -0.445 e. The second-order valence-electron chi connectivity index (χ2n) is 13.3. The van der Waals surface area contributed by atoms with E-state index in [1.807, 2.05) is 12.1 Å². The molecule has 254 valence electrons. The van der Waals surface area contributed by atoms with Gasteiger partial charge in [0.2, 0.25) is 17.7 Å². The predicted octanol–water partition coefficient (Wildman–Crippen LogP) is 5.55. The smallest absolute Gasteiger partial charge is 0.408 e. The van der Waals surface area contributed by atoms with Crippen molar-refractivity contribution in [1.82, 2.24) is 15.1 Å². The molecule has 1 heterocycles. The Balaban J connectivity index is 0.00000116. The van der Waals surface area contributed by atoms with Gasteiger partial charge >= 0.3 is 6.09 Å². The third kappa shape index (κ3) is 12.5. The normalized spacial score (nSPS) is 16.0. The molecule has 0 radical (unpaired) electrons. The van der Waals surface area contributed by atoms with E-state index in [2.05, 4.69) is 44.4 Å². The number of rotatable bonds is 10. The first-order chi connectivity index (χ1) is 22.7. The fraction of sp³-hybridized carbons (Fsp3) is 0.378. The Morgan fingerprint density at radius 2 is 1.54 bits per heavy atom. The second-order valence-corrected chi connectivity index (χ2v) is 13.3. The number of alkyl carbamates (subject to hydrolysis) is 1. The third-order valence-corrected chi connectivity index (χ3v) is 7.09. The van der Waals surface area contributed by atoms with Crippen LogP contribution in [0.25, 0.3) is 0 Å². The van der Waals surface area contributed by atoms with Crippen LogP contribution in [0.1, 0.15) is 45.2 Å². The number of nitriles is 1. The number of carbonyl (C=O) groups is 4. The molecule has 11 heteroatoms. The zero-order valence-electron chi connectivity index (χ0n) is 28.1. The Morgan fingerprint density at radius 1 is 0.958 bits per heavy atom. The molecular formula is C37H44FN5O5. The summed E-state index contributed by atoms with van der Waals surface area (Å²) < 4.78 is 18.7. The Bertz CT molecular complexity index is 1550. The van der Waals surface area contributed by atoms with Crippen molar-refractivity contribution >= 4 is 29.5 Å². The number of hydrogen-bond acceptors (Lipinski definition) is 6. The van der Waals surface area contributed by atoms with Gasteiger partial charge in [-0.1, -0.05) is 88.4 Å². The molecule has 4 rings (SSSR count). The molecule has 3 aromatic rings. The molecule has 3 aromatic carbocycles. The molecule has 3 unspecified atom stereocenters. The van der Waals surface area contributed by atoms with Crippen molar-refractivity contribution in [2.45, 2.75) is 59.2 Å². The summed E-state index contributed by atoms with van der Waals surface area (Å²) in [6.07, 6.45) is -0.648. The summed E-state index contributed by atoms with van der Waals surface area (Å²) in [5.41, 5.74) is 2.45. The topological polar surface area (TPSA) is 132 Å². The van der Waals surface area contributed by atoms with Crippen LogP contribution in [0, 0.1) is 28.5 Å². The molecule has 1 saturated heterocycles. The van der Waals surface area contributed by atoms with E-state index < -0.39 is 41.7 Å². The van der Waals surface area contributed by atoms with Gasteiger partial charge in [0.05, 0.1) is 18.5 Å². The molecule has 0 bridgehead atoms. The Hall–Kier alpha value is -5.24. The van der Waals surface area contributed by atoms with Crippen LogP contribution in [0.2, 0.25) is 0 Å². The van der Waals surface area contributed by atoms with Crippen molar-refractivity contribution in [3.63, 3.8) is 0 Å². The highest BCUT2D eigenvalue weighted by molar-refractivity contribution is 5.94. The number of benzene rings is 3. The molecule has 0 aromatic heterocycles. The number of para-hydroxylation sites is 1. The summed E-state index contributed by atoms with van der Waals surface area (Å²) >= 11 is 0. The quantitative estimate of drug-likeness (QED) is 0.294. The summed E-state index contributed by atoms with van der Waals surface area (Å²) in [6, 6.07) is 23.5. The average Bonchev–Trinajstić information content (AvgIpc) is 3.49. The molecule has 0 saturated carbocycles. The van der Waals surface area contributed by atoms with Gasteiger partial charge in [0, 0.05) is 25.7 Å². The van der Waals surface area contributed by atoms with E-state index >= 15 is 0 Å². The first-order valence-electron chi connectivity index (χ1n) is 15.7. The highest BCUT2D eigenvalue weighted by Crippen LogP contribution is 2.25. The van der Waals surface area contributed by atoms with E-state index in [-0.39, 0.29) is 38.4 Å². The molecule has 0 spiro atoms. The maximum Gasteiger partial charge on any atom is 0.408 e. The second kappa shape index (κ2) is 17.6. The number of amides is 4. The highest BCUT2D eigenvalue weighted by Gasteiger charge is 2.39. The van der Waals surface area contributed by atoms with Gasteiger partial charge in [0.15, 0.2) is 0 Å². The lowest BCUT2D eigenvalue weighted by Crippen LogP contribution is -2.51. The zero-order chi connectivity index (χ0) is 35.3. The third-order valence-electron chi connectivity index (χ3n) is 7.09. The molecular weight excluding hydrogens is 613 g/mol. The lowest BCUT2D eigenvalue weighted by Gasteiger charge is -2.27. The monoisotopic (exact) mass is 657 g/mol.